The van der Waals surface area contributed by atoms with Crippen LogP contribution in [0.25, 0.3) is 10.8 Å². The maximum atomic E-state index is 11.6. The van der Waals surface area contributed by atoms with Gasteiger partial charge >= 0.3 is 6.03 Å². The van der Waals surface area contributed by atoms with Crippen LogP contribution in [0.5, 0.6) is 0 Å². The first kappa shape index (κ1) is 12.9. The van der Waals surface area contributed by atoms with Crippen LogP contribution in [0.1, 0.15) is 32.4 Å². The molecule has 0 spiro atoms. The van der Waals surface area contributed by atoms with E-state index in [1.165, 1.54) is 5.01 Å². The minimum atomic E-state index is -0.541. The molecule has 0 fully saturated rings. The van der Waals surface area contributed by atoms with Crippen molar-refractivity contribution in [3.63, 3.8) is 0 Å². The van der Waals surface area contributed by atoms with Crippen molar-refractivity contribution in [3.8, 4) is 0 Å². The summed E-state index contributed by atoms with van der Waals surface area (Å²) in [6.07, 6.45) is 1.77. The molecule has 0 bridgehead atoms. The van der Waals surface area contributed by atoms with E-state index in [-0.39, 0.29) is 11.5 Å². The van der Waals surface area contributed by atoms with E-state index in [2.05, 4.69) is 37.2 Å². The van der Waals surface area contributed by atoms with E-state index in [1.807, 2.05) is 18.2 Å². The minimum Gasteiger partial charge on any atom is -0.350 e. The summed E-state index contributed by atoms with van der Waals surface area (Å²) in [6.45, 7) is 6.38. The summed E-state index contributed by atoms with van der Waals surface area (Å²) in [5.74, 6) is 0.608. The number of pyridine rings is 1. The van der Waals surface area contributed by atoms with Crippen LogP contribution in [-0.4, -0.2) is 11.0 Å². The van der Waals surface area contributed by atoms with E-state index in [0.717, 1.165) is 16.3 Å². The number of primary amides is 1. The van der Waals surface area contributed by atoms with Crippen LogP contribution in [0.3, 0.4) is 0 Å². The number of hydrogen-bond donors (Lipinski definition) is 2. The smallest absolute Gasteiger partial charge is 0.335 e. The number of rotatable bonds is 0. The third kappa shape index (κ3) is 1.82. The Kier molecular flexibility index (Phi) is 2.69. The summed E-state index contributed by atoms with van der Waals surface area (Å²) in [6, 6.07) is 7.51. The highest BCUT2D eigenvalue weighted by Crippen LogP contribution is 2.44. The summed E-state index contributed by atoms with van der Waals surface area (Å²) in [5.41, 5.74) is 9.60. The molecule has 1 unspecified atom stereocenters. The van der Waals surface area contributed by atoms with Crippen molar-refractivity contribution in [2.45, 2.75) is 26.8 Å². The second-order valence-corrected chi connectivity index (χ2v) is 6.18. The van der Waals surface area contributed by atoms with Gasteiger partial charge in [0.2, 0.25) is 0 Å². The Morgan fingerprint density at radius 2 is 2.05 bits per heavy atom. The number of carbonyl (C=O) groups is 1. The highest BCUT2D eigenvalue weighted by molar-refractivity contribution is 5.97. The molecular formula is C15H18N4O. The fourth-order valence-corrected chi connectivity index (χ4v) is 2.69. The average Bonchev–Trinajstić information content (AvgIpc) is 2.78. The highest BCUT2D eigenvalue weighted by atomic mass is 16.2. The van der Waals surface area contributed by atoms with Gasteiger partial charge in [-0.25, -0.2) is 20.2 Å². The van der Waals surface area contributed by atoms with Crippen molar-refractivity contribution in [2.24, 2.45) is 11.1 Å². The minimum absolute atomic E-state index is 0.0106. The molecule has 2 heterocycles. The second-order valence-electron chi connectivity index (χ2n) is 6.18. The van der Waals surface area contributed by atoms with E-state index < -0.39 is 6.03 Å². The Morgan fingerprint density at radius 3 is 2.70 bits per heavy atom. The molecule has 1 aliphatic rings. The number of fused-ring (bicyclic) bond motifs is 3. The van der Waals surface area contributed by atoms with E-state index in [1.54, 1.807) is 6.20 Å². The van der Waals surface area contributed by atoms with Crippen LogP contribution in [0.15, 0.2) is 30.5 Å². The van der Waals surface area contributed by atoms with Gasteiger partial charge in [-0.1, -0.05) is 45.0 Å². The molecule has 1 aromatic heterocycles. The molecule has 1 aliphatic heterocycles. The second kappa shape index (κ2) is 4.18. The zero-order valence-corrected chi connectivity index (χ0v) is 11.8. The molecule has 3 rings (SSSR count). The van der Waals surface area contributed by atoms with E-state index in [9.17, 15) is 4.79 Å². The largest absolute Gasteiger partial charge is 0.350 e. The standard InChI is InChI=1S/C15H18N4O/c1-15(2,3)12-11-10-7-5-4-6-9(10)8-17-13(11)19(18-12)14(16)20/h4-8,12,18H,1-3H3,(H2,16,20). The number of anilines is 1. The molecule has 0 aliphatic carbocycles. The predicted octanol–water partition coefficient (Wildman–Crippen LogP) is 2.73. The van der Waals surface area contributed by atoms with E-state index >= 15 is 0 Å². The Hall–Kier alpha value is -2.14. The van der Waals surface area contributed by atoms with Gasteiger partial charge in [-0.3, -0.25) is 0 Å². The Morgan fingerprint density at radius 1 is 1.35 bits per heavy atom. The first-order chi connectivity index (χ1) is 9.39. The number of hydrogen-bond acceptors (Lipinski definition) is 3. The van der Waals surface area contributed by atoms with Gasteiger partial charge in [-0.05, 0) is 10.8 Å². The van der Waals surface area contributed by atoms with E-state index in [4.69, 9.17) is 5.73 Å². The SMILES string of the molecule is CC(C)(C)C1NN(C(N)=O)c2ncc3ccccc3c21. The summed E-state index contributed by atoms with van der Waals surface area (Å²) >= 11 is 0. The van der Waals surface area contributed by atoms with Gasteiger partial charge in [-0.2, -0.15) is 0 Å². The van der Waals surface area contributed by atoms with Crippen LogP contribution < -0.4 is 16.2 Å². The van der Waals surface area contributed by atoms with Crippen molar-refractivity contribution in [2.75, 3.05) is 5.01 Å². The van der Waals surface area contributed by atoms with Gasteiger partial charge in [0, 0.05) is 17.1 Å². The molecule has 3 N–H and O–H groups in total. The maximum absolute atomic E-state index is 11.6. The van der Waals surface area contributed by atoms with Crippen LogP contribution in [0.2, 0.25) is 0 Å². The van der Waals surface area contributed by atoms with Crippen molar-refractivity contribution in [3.05, 3.63) is 36.0 Å². The van der Waals surface area contributed by atoms with Crippen LogP contribution in [-0.2, 0) is 0 Å². The first-order valence-corrected chi connectivity index (χ1v) is 6.63. The van der Waals surface area contributed by atoms with Crippen molar-refractivity contribution in [1.29, 1.82) is 0 Å². The third-order valence-corrected chi connectivity index (χ3v) is 3.66. The van der Waals surface area contributed by atoms with Gasteiger partial charge in [0.15, 0.2) is 5.82 Å². The Labute approximate surface area is 117 Å². The first-order valence-electron chi connectivity index (χ1n) is 6.63. The summed E-state index contributed by atoms with van der Waals surface area (Å²) < 4.78 is 0. The number of aromatic nitrogens is 1. The van der Waals surface area contributed by atoms with Gasteiger partial charge in [0.25, 0.3) is 0 Å². The normalized spacial score (nSPS) is 18.4. The monoisotopic (exact) mass is 270 g/mol. The lowest BCUT2D eigenvalue weighted by Gasteiger charge is -2.28. The Bertz CT molecular complexity index is 690. The molecule has 2 amide bonds. The van der Waals surface area contributed by atoms with Crippen LogP contribution in [0.4, 0.5) is 10.6 Å². The number of urea groups is 1. The quantitative estimate of drug-likeness (QED) is 0.773. The van der Waals surface area contributed by atoms with Crippen molar-refractivity contribution < 1.29 is 4.79 Å². The fourth-order valence-electron chi connectivity index (χ4n) is 2.69. The number of hydrazine groups is 1. The van der Waals surface area contributed by atoms with Gasteiger partial charge in [-0.15, -0.1) is 0 Å². The summed E-state index contributed by atoms with van der Waals surface area (Å²) in [5, 5.41) is 3.51. The highest BCUT2D eigenvalue weighted by Gasteiger charge is 2.40. The van der Waals surface area contributed by atoms with Crippen molar-refractivity contribution in [1.82, 2.24) is 10.4 Å². The molecule has 0 saturated carbocycles. The molecule has 1 aromatic carbocycles. The average molecular weight is 270 g/mol. The van der Waals surface area contributed by atoms with Crippen LogP contribution >= 0.6 is 0 Å². The summed E-state index contributed by atoms with van der Waals surface area (Å²) in [7, 11) is 0. The van der Waals surface area contributed by atoms with Crippen molar-refractivity contribution >= 4 is 22.6 Å². The summed E-state index contributed by atoms with van der Waals surface area (Å²) in [4.78, 5) is 16.0. The van der Waals surface area contributed by atoms with Gasteiger partial charge < -0.3 is 5.73 Å². The lowest BCUT2D eigenvalue weighted by Crippen LogP contribution is -2.45. The topological polar surface area (TPSA) is 71.2 Å². The lowest BCUT2D eigenvalue weighted by atomic mass is 9.82. The van der Waals surface area contributed by atoms with Gasteiger partial charge in [0.05, 0.1) is 6.04 Å². The number of carbonyl (C=O) groups excluding carboxylic acids is 1. The molecule has 5 nitrogen and oxygen atoms in total. The number of amides is 2. The maximum Gasteiger partial charge on any atom is 0.335 e. The lowest BCUT2D eigenvalue weighted by molar-refractivity contribution is 0.243. The zero-order valence-electron chi connectivity index (χ0n) is 11.8. The predicted molar refractivity (Wildman–Crippen MR) is 79.1 cm³/mol. The third-order valence-electron chi connectivity index (χ3n) is 3.66. The molecule has 0 radical (unpaired) electrons. The molecule has 1 atom stereocenters. The van der Waals surface area contributed by atoms with Crippen LogP contribution in [0, 0.1) is 5.41 Å². The number of benzene rings is 1. The molecule has 0 saturated heterocycles. The fraction of sp³-hybridized carbons (Fsp3) is 0.333. The number of nitrogens with zero attached hydrogens (tertiary/aromatic N) is 2. The molecule has 5 heteroatoms. The molecule has 20 heavy (non-hydrogen) atoms. The number of nitrogens with two attached hydrogens (primary N) is 1. The van der Waals surface area contributed by atoms with E-state index in [0.29, 0.717) is 5.82 Å². The van der Waals surface area contributed by atoms with Gasteiger partial charge in [0.1, 0.15) is 0 Å². The molecular weight excluding hydrogens is 252 g/mol. The zero-order chi connectivity index (χ0) is 14.5. The molecule has 2 aromatic rings. The molecule has 104 valence electrons. The Balaban J connectivity index is 2.30. The number of nitrogens with one attached hydrogen (secondary N) is 1.